The largest absolute Gasteiger partial charge is 0.507 e. The Morgan fingerprint density at radius 1 is 1.16 bits per heavy atom. The van der Waals surface area contributed by atoms with Crippen LogP contribution in [0.1, 0.15) is 20.7 Å². The Morgan fingerprint density at radius 2 is 1.89 bits per heavy atom. The molecule has 0 aliphatic rings. The Balaban J connectivity index is 2.47. The van der Waals surface area contributed by atoms with Crippen LogP contribution in [-0.2, 0) is 4.74 Å². The van der Waals surface area contributed by atoms with Gasteiger partial charge in [-0.2, -0.15) is 0 Å². The van der Waals surface area contributed by atoms with Gasteiger partial charge >= 0.3 is 5.97 Å². The number of methoxy groups -OCH3 is 1. The zero-order valence-electron chi connectivity index (χ0n) is 10.3. The predicted octanol–water partition coefficient (Wildman–Crippen LogP) is 2.66. The first-order valence-electron chi connectivity index (χ1n) is 5.62. The van der Waals surface area contributed by atoms with E-state index in [1.807, 2.05) is 6.07 Å². The van der Waals surface area contributed by atoms with Crippen LogP contribution in [0.5, 0.6) is 5.75 Å². The van der Waals surface area contributed by atoms with Gasteiger partial charge in [0.1, 0.15) is 5.75 Å². The van der Waals surface area contributed by atoms with E-state index in [0.717, 1.165) is 11.1 Å². The fourth-order valence-corrected chi connectivity index (χ4v) is 1.77. The quantitative estimate of drug-likeness (QED) is 0.677. The van der Waals surface area contributed by atoms with Crippen molar-refractivity contribution >= 4 is 12.3 Å². The van der Waals surface area contributed by atoms with Gasteiger partial charge in [-0.25, -0.2) is 4.79 Å². The Bertz CT molecular complexity index is 632. The summed E-state index contributed by atoms with van der Waals surface area (Å²) in [5.74, 6) is -0.487. The summed E-state index contributed by atoms with van der Waals surface area (Å²) in [5.41, 5.74) is 2.15. The monoisotopic (exact) mass is 256 g/mol. The van der Waals surface area contributed by atoms with Gasteiger partial charge in [-0.3, -0.25) is 4.79 Å². The first kappa shape index (κ1) is 12.8. The maximum Gasteiger partial charge on any atom is 0.337 e. The van der Waals surface area contributed by atoms with Crippen molar-refractivity contribution in [2.45, 2.75) is 0 Å². The Kier molecular flexibility index (Phi) is 3.61. The van der Waals surface area contributed by atoms with Crippen LogP contribution < -0.4 is 0 Å². The van der Waals surface area contributed by atoms with Crippen molar-refractivity contribution < 1.29 is 19.4 Å². The summed E-state index contributed by atoms with van der Waals surface area (Å²) in [6.45, 7) is 0. The molecule has 2 aromatic rings. The number of hydrogen-bond donors (Lipinski definition) is 1. The number of ether oxygens (including phenoxy) is 1. The fraction of sp³-hybridized carbons (Fsp3) is 0.0667. The van der Waals surface area contributed by atoms with Crippen LogP contribution >= 0.6 is 0 Å². The first-order chi connectivity index (χ1) is 9.15. The minimum absolute atomic E-state index is 0.0668. The highest BCUT2D eigenvalue weighted by Crippen LogP contribution is 2.25. The molecular formula is C15H12O4. The van der Waals surface area contributed by atoms with Gasteiger partial charge in [0.2, 0.25) is 0 Å². The van der Waals surface area contributed by atoms with Crippen LogP contribution in [0.4, 0.5) is 0 Å². The summed E-state index contributed by atoms with van der Waals surface area (Å²) in [6, 6.07) is 11.6. The van der Waals surface area contributed by atoms with E-state index in [4.69, 9.17) is 0 Å². The molecule has 19 heavy (non-hydrogen) atoms. The van der Waals surface area contributed by atoms with Crippen LogP contribution in [-0.4, -0.2) is 24.5 Å². The number of carbonyl (C=O) groups is 2. The van der Waals surface area contributed by atoms with E-state index >= 15 is 0 Å². The number of aromatic hydroxyl groups is 1. The second-order valence-electron chi connectivity index (χ2n) is 3.96. The summed E-state index contributed by atoms with van der Waals surface area (Å²) in [4.78, 5) is 22.3. The zero-order valence-corrected chi connectivity index (χ0v) is 10.3. The molecule has 0 aliphatic carbocycles. The van der Waals surface area contributed by atoms with Gasteiger partial charge < -0.3 is 9.84 Å². The molecule has 0 saturated heterocycles. The third-order valence-corrected chi connectivity index (χ3v) is 2.77. The van der Waals surface area contributed by atoms with E-state index in [1.54, 1.807) is 30.3 Å². The normalized spacial score (nSPS) is 9.95. The van der Waals surface area contributed by atoms with Gasteiger partial charge in [0, 0.05) is 0 Å². The molecule has 96 valence electrons. The molecule has 0 fully saturated rings. The summed E-state index contributed by atoms with van der Waals surface area (Å²) >= 11 is 0. The topological polar surface area (TPSA) is 63.6 Å². The predicted molar refractivity (Wildman–Crippen MR) is 70.3 cm³/mol. The Labute approximate surface area is 110 Å². The number of phenols is 1. The van der Waals surface area contributed by atoms with Gasteiger partial charge in [-0.15, -0.1) is 0 Å². The summed E-state index contributed by atoms with van der Waals surface area (Å²) < 4.78 is 4.66. The SMILES string of the molecule is COC(=O)c1cccc(-c2ccc(O)c(C=O)c2)c1. The van der Waals surface area contributed by atoms with Gasteiger partial charge in [0.15, 0.2) is 6.29 Å². The summed E-state index contributed by atoms with van der Waals surface area (Å²) in [6.07, 6.45) is 0.586. The van der Waals surface area contributed by atoms with E-state index in [0.29, 0.717) is 11.8 Å². The highest BCUT2D eigenvalue weighted by atomic mass is 16.5. The lowest BCUT2D eigenvalue weighted by Gasteiger charge is -2.06. The third kappa shape index (κ3) is 2.63. The molecule has 0 aromatic heterocycles. The molecule has 0 unspecified atom stereocenters. The van der Waals surface area contributed by atoms with E-state index in [-0.39, 0.29) is 11.3 Å². The lowest BCUT2D eigenvalue weighted by Crippen LogP contribution is -2.00. The smallest absolute Gasteiger partial charge is 0.337 e. The Hall–Kier alpha value is -2.62. The molecule has 4 heteroatoms. The molecule has 0 heterocycles. The van der Waals surface area contributed by atoms with Gasteiger partial charge in [-0.05, 0) is 35.4 Å². The standard InChI is InChI=1S/C15H12O4/c1-19-15(18)12-4-2-3-10(7-12)11-5-6-14(17)13(8-11)9-16/h2-9,17H,1H3. The second-order valence-corrected chi connectivity index (χ2v) is 3.96. The zero-order chi connectivity index (χ0) is 13.8. The highest BCUT2D eigenvalue weighted by Gasteiger charge is 2.08. The van der Waals surface area contributed by atoms with Gasteiger partial charge in [0.25, 0.3) is 0 Å². The average molecular weight is 256 g/mol. The molecule has 4 nitrogen and oxygen atoms in total. The molecule has 0 spiro atoms. The number of benzene rings is 2. The lowest BCUT2D eigenvalue weighted by molar-refractivity contribution is 0.0600. The summed E-state index contributed by atoms with van der Waals surface area (Å²) in [7, 11) is 1.32. The minimum atomic E-state index is -0.420. The van der Waals surface area contributed by atoms with Crippen LogP contribution in [0.2, 0.25) is 0 Å². The number of rotatable bonds is 3. The molecular weight excluding hydrogens is 244 g/mol. The van der Waals surface area contributed by atoms with E-state index in [2.05, 4.69) is 4.74 Å². The summed E-state index contributed by atoms with van der Waals surface area (Å²) in [5, 5.41) is 9.46. The molecule has 2 rings (SSSR count). The minimum Gasteiger partial charge on any atom is -0.507 e. The maximum atomic E-state index is 11.5. The lowest BCUT2D eigenvalue weighted by atomic mass is 10.0. The number of aldehydes is 1. The van der Waals surface area contributed by atoms with E-state index in [1.165, 1.54) is 13.2 Å². The molecule has 0 radical (unpaired) electrons. The van der Waals surface area contributed by atoms with Crippen molar-refractivity contribution in [2.24, 2.45) is 0 Å². The average Bonchev–Trinajstić information content (AvgIpc) is 2.47. The molecule has 2 aromatic carbocycles. The van der Waals surface area contributed by atoms with Crippen LogP contribution in [0.3, 0.4) is 0 Å². The van der Waals surface area contributed by atoms with Crippen molar-refractivity contribution in [3.8, 4) is 16.9 Å². The second kappa shape index (κ2) is 5.35. The molecule has 0 saturated carbocycles. The van der Waals surface area contributed by atoms with E-state index in [9.17, 15) is 14.7 Å². The van der Waals surface area contributed by atoms with Crippen molar-refractivity contribution in [2.75, 3.05) is 7.11 Å². The molecule has 1 N–H and O–H groups in total. The number of esters is 1. The number of phenolic OH excluding ortho intramolecular Hbond substituents is 1. The van der Waals surface area contributed by atoms with Crippen LogP contribution in [0.25, 0.3) is 11.1 Å². The fourth-order valence-electron chi connectivity index (χ4n) is 1.77. The van der Waals surface area contributed by atoms with Crippen LogP contribution in [0, 0.1) is 0 Å². The maximum absolute atomic E-state index is 11.5. The van der Waals surface area contributed by atoms with Crippen LogP contribution in [0.15, 0.2) is 42.5 Å². The molecule has 0 amide bonds. The number of carbonyl (C=O) groups excluding carboxylic acids is 2. The number of hydrogen-bond acceptors (Lipinski definition) is 4. The Morgan fingerprint density at radius 3 is 2.58 bits per heavy atom. The van der Waals surface area contributed by atoms with Crippen molar-refractivity contribution in [1.82, 2.24) is 0 Å². The highest BCUT2D eigenvalue weighted by molar-refractivity contribution is 5.91. The van der Waals surface area contributed by atoms with Crippen molar-refractivity contribution in [3.63, 3.8) is 0 Å². The van der Waals surface area contributed by atoms with Crippen molar-refractivity contribution in [1.29, 1.82) is 0 Å². The van der Waals surface area contributed by atoms with Crippen molar-refractivity contribution in [3.05, 3.63) is 53.6 Å². The molecule has 0 bridgehead atoms. The molecule has 0 atom stereocenters. The molecule has 0 aliphatic heterocycles. The van der Waals surface area contributed by atoms with Gasteiger partial charge in [0.05, 0.1) is 18.2 Å². The first-order valence-corrected chi connectivity index (χ1v) is 5.62. The van der Waals surface area contributed by atoms with E-state index < -0.39 is 5.97 Å². The van der Waals surface area contributed by atoms with Gasteiger partial charge in [-0.1, -0.05) is 18.2 Å². The third-order valence-electron chi connectivity index (χ3n) is 2.77.